The number of methoxy groups -OCH3 is 1. The minimum Gasteiger partial charge on any atom is -0.497 e. The fourth-order valence-corrected chi connectivity index (χ4v) is 3.79. The molecule has 29 heavy (non-hydrogen) atoms. The van der Waals surface area contributed by atoms with Crippen molar-refractivity contribution in [1.29, 1.82) is 0 Å². The zero-order chi connectivity index (χ0) is 20.2. The molecule has 7 nitrogen and oxygen atoms in total. The summed E-state index contributed by atoms with van der Waals surface area (Å²) < 4.78 is 5.16. The molecule has 1 amide bonds. The summed E-state index contributed by atoms with van der Waals surface area (Å²) in [6.07, 6.45) is 0. The Morgan fingerprint density at radius 1 is 1.07 bits per heavy atom. The number of ether oxygens (including phenoxy) is 1. The van der Waals surface area contributed by atoms with E-state index in [0.717, 1.165) is 21.9 Å². The van der Waals surface area contributed by atoms with E-state index in [1.54, 1.807) is 7.11 Å². The summed E-state index contributed by atoms with van der Waals surface area (Å²) in [6, 6.07) is 17.3. The number of thiazole rings is 1. The van der Waals surface area contributed by atoms with Crippen LogP contribution in [0.15, 0.2) is 54.6 Å². The summed E-state index contributed by atoms with van der Waals surface area (Å²) >= 11 is 1.38. The van der Waals surface area contributed by atoms with Gasteiger partial charge in [0, 0.05) is 11.1 Å². The van der Waals surface area contributed by atoms with E-state index in [1.807, 2.05) is 61.5 Å². The SMILES string of the molecule is COc1ccc(-c2n[nH]c(CNC(=O)c3sc(-c4ccccc4)nc3C)n2)cc1. The number of nitrogens with zero attached hydrogens (tertiary/aromatic N) is 3. The molecule has 0 saturated carbocycles. The lowest BCUT2D eigenvalue weighted by Crippen LogP contribution is -2.23. The summed E-state index contributed by atoms with van der Waals surface area (Å²) in [5.74, 6) is 1.74. The van der Waals surface area contributed by atoms with Gasteiger partial charge in [-0.3, -0.25) is 9.89 Å². The van der Waals surface area contributed by atoms with Crippen molar-refractivity contribution in [3.63, 3.8) is 0 Å². The molecule has 0 fully saturated rings. The molecule has 146 valence electrons. The highest BCUT2D eigenvalue weighted by atomic mass is 32.1. The third kappa shape index (κ3) is 4.17. The Hall–Kier alpha value is -3.52. The van der Waals surface area contributed by atoms with Crippen LogP contribution >= 0.6 is 11.3 Å². The standard InChI is InChI=1S/C21H19N5O2S/c1-13-18(29-21(23-13)15-6-4-3-5-7-15)20(27)22-12-17-24-19(26-25-17)14-8-10-16(28-2)11-9-14/h3-11H,12H2,1-2H3,(H,22,27)(H,24,25,26). The molecule has 0 saturated heterocycles. The van der Waals surface area contributed by atoms with Crippen LogP contribution in [0.2, 0.25) is 0 Å². The quantitative estimate of drug-likeness (QED) is 0.508. The number of aryl methyl sites for hydroxylation is 1. The van der Waals surface area contributed by atoms with Crippen molar-refractivity contribution in [2.24, 2.45) is 0 Å². The van der Waals surface area contributed by atoms with Crippen LogP contribution in [0.25, 0.3) is 22.0 Å². The number of aromatic amines is 1. The summed E-state index contributed by atoms with van der Waals surface area (Å²) in [4.78, 5) is 22.2. The fourth-order valence-electron chi connectivity index (χ4n) is 2.80. The van der Waals surface area contributed by atoms with Crippen molar-refractivity contribution < 1.29 is 9.53 Å². The molecule has 0 radical (unpaired) electrons. The lowest BCUT2D eigenvalue weighted by molar-refractivity contribution is 0.0953. The maximum Gasteiger partial charge on any atom is 0.263 e. The third-order valence-electron chi connectivity index (χ3n) is 4.32. The summed E-state index contributed by atoms with van der Waals surface area (Å²) in [5.41, 5.74) is 2.58. The number of nitrogens with one attached hydrogen (secondary N) is 2. The monoisotopic (exact) mass is 405 g/mol. The summed E-state index contributed by atoms with van der Waals surface area (Å²) in [7, 11) is 1.62. The van der Waals surface area contributed by atoms with Crippen molar-refractivity contribution in [2.45, 2.75) is 13.5 Å². The average Bonchev–Trinajstić information content (AvgIpc) is 3.40. The van der Waals surface area contributed by atoms with Gasteiger partial charge >= 0.3 is 0 Å². The van der Waals surface area contributed by atoms with Gasteiger partial charge < -0.3 is 10.1 Å². The van der Waals surface area contributed by atoms with Gasteiger partial charge in [-0.25, -0.2) is 9.97 Å². The molecule has 0 atom stereocenters. The van der Waals surface area contributed by atoms with Crippen molar-refractivity contribution in [1.82, 2.24) is 25.5 Å². The van der Waals surface area contributed by atoms with Gasteiger partial charge in [-0.2, -0.15) is 5.10 Å². The van der Waals surface area contributed by atoms with Crippen LogP contribution in [0.5, 0.6) is 5.75 Å². The van der Waals surface area contributed by atoms with Gasteiger partial charge in [-0.05, 0) is 31.2 Å². The molecule has 0 aliphatic heterocycles. The molecule has 0 spiro atoms. The van der Waals surface area contributed by atoms with Crippen LogP contribution in [0, 0.1) is 6.92 Å². The largest absolute Gasteiger partial charge is 0.497 e. The summed E-state index contributed by atoms with van der Waals surface area (Å²) in [5, 5.41) is 10.8. The van der Waals surface area contributed by atoms with Crippen LogP contribution in [0.4, 0.5) is 0 Å². The van der Waals surface area contributed by atoms with Crippen LogP contribution in [-0.4, -0.2) is 33.2 Å². The van der Waals surface area contributed by atoms with Crippen LogP contribution in [-0.2, 0) is 6.54 Å². The Labute approximate surface area is 171 Å². The average molecular weight is 405 g/mol. The zero-order valence-corrected chi connectivity index (χ0v) is 16.8. The molecule has 0 bridgehead atoms. The van der Waals surface area contributed by atoms with Crippen molar-refractivity contribution in [3.05, 3.63) is 71.0 Å². The molecule has 0 aliphatic rings. The van der Waals surface area contributed by atoms with Gasteiger partial charge in [0.1, 0.15) is 21.5 Å². The molecule has 8 heteroatoms. The van der Waals surface area contributed by atoms with Gasteiger partial charge in [-0.1, -0.05) is 30.3 Å². The fraction of sp³-hybridized carbons (Fsp3) is 0.143. The van der Waals surface area contributed by atoms with E-state index in [2.05, 4.69) is 25.5 Å². The second kappa shape index (κ2) is 8.24. The maximum atomic E-state index is 12.6. The highest BCUT2D eigenvalue weighted by Crippen LogP contribution is 2.27. The zero-order valence-electron chi connectivity index (χ0n) is 16.0. The second-order valence-electron chi connectivity index (χ2n) is 6.32. The number of hydrogen-bond acceptors (Lipinski definition) is 6. The van der Waals surface area contributed by atoms with Crippen molar-refractivity contribution >= 4 is 17.2 Å². The molecular formula is C21H19N5O2S. The van der Waals surface area contributed by atoms with E-state index in [0.29, 0.717) is 22.2 Å². The Morgan fingerprint density at radius 3 is 2.55 bits per heavy atom. The number of carbonyl (C=O) groups excluding carboxylic acids is 1. The molecular weight excluding hydrogens is 386 g/mol. The molecule has 2 N–H and O–H groups in total. The van der Waals surface area contributed by atoms with Gasteiger partial charge in [0.25, 0.3) is 5.91 Å². The van der Waals surface area contributed by atoms with Gasteiger partial charge in [0.15, 0.2) is 5.82 Å². The van der Waals surface area contributed by atoms with E-state index in [4.69, 9.17) is 4.74 Å². The van der Waals surface area contributed by atoms with E-state index in [1.165, 1.54) is 11.3 Å². The number of amides is 1. The minimum absolute atomic E-state index is 0.176. The van der Waals surface area contributed by atoms with E-state index in [-0.39, 0.29) is 12.5 Å². The number of carbonyl (C=O) groups is 1. The third-order valence-corrected chi connectivity index (χ3v) is 5.53. The molecule has 4 aromatic rings. The second-order valence-corrected chi connectivity index (χ2v) is 7.32. The molecule has 2 heterocycles. The maximum absolute atomic E-state index is 12.6. The molecule has 0 aliphatic carbocycles. The molecule has 2 aromatic heterocycles. The van der Waals surface area contributed by atoms with Crippen molar-refractivity contribution in [2.75, 3.05) is 7.11 Å². The highest BCUT2D eigenvalue weighted by Gasteiger charge is 2.16. The Balaban J connectivity index is 1.42. The predicted molar refractivity (Wildman–Crippen MR) is 112 cm³/mol. The number of hydrogen-bond donors (Lipinski definition) is 2. The van der Waals surface area contributed by atoms with Crippen LogP contribution in [0.1, 0.15) is 21.2 Å². The van der Waals surface area contributed by atoms with Gasteiger partial charge in [-0.15, -0.1) is 11.3 Å². The van der Waals surface area contributed by atoms with E-state index in [9.17, 15) is 4.79 Å². The number of H-pyrrole nitrogens is 1. The first-order valence-corrected chi connectivity index (χ1v) is 9.82. The van der Waals surface area contributed by atoms with Gasteiger partial charge in [0.2, 0.25) is 0 Å². The first-order valence-electron chi connectivity index (χ1n) is 9.01. The van der Waals surface area contributed by atoms with Crippen LogP contribution in [0.3, 0.4) is 0 Å². The predicted octanol–water partition coefficient (Wildman–Crippen LogP) is 3.84. The topological polar surface area (TPSA) is 92.8 Å². The smallest absolute Gasteiger partial charge is 0.263 e. The first-order chi connectivity index (χ1) is 14.1. The van der Waals surface area contributed by atoms with E-state index >= 15 is 0 Å². The number of rotatable bonds is 6. The van der Waals surface area contributed by atoms with E-state index < -0.39 is 0 Å². The minimum atomic E-state index is -0.176. The number of benzene rings is 2. The molecule has 4 rings (SSSR count). The molecule has 0 unspecified atom stereocenters. The number of aromatic nitrogens is 4. The lowest BCUT2D eigenvalue weighted by Gasteiger charge is -2.01. The first kappa shape index (κ1) is 18.8. The Bertz CT molecular complexity index is 1120. The normalized spacial score (nSPS) is 10.7. The van der Waals surface area contributed by atoms with Crippen molar-refractivity contribution in [3.8, 4) is 27.7 Å². The van der Waals surface area contributed by atoms with Gasteiger partial charge in [0.05, 0.1) is 19.3 Å². The highest BCUT2D eigenvalue weighted by molar-refractivity contribution is 7.17. The lowest BCUT2D eigenvalue weighted by atomic mass is 10.2. The molecule has 2 aromatic carbocycles. The van der Waals surface area contributed by atoms with Crippen LogP contribution < -0.4 is 10.1 Å². The Morgan fingerprint density at radius 2 is 1.83 bits per heavy atom. The Kier molecular flexibility index (Phi) is 5.35. The summed E-state index contributed by atoms with van der Waals surface area (Å²) in [6.45, 7) is 2.09.